The van der Waals surface area contributed by atoms with E-state index in [2.05, 4.69) is 48.7 Å². The third kappa shape index (κ3) is 6.57. The zero-order valence-electron chi connectivity index (χ0n) is 19.7. The van der Waals surface area contributed by atoms with Crippen molar-refractivity contribution in [3.05, 3.63) is 70.8 Å². The van der Waals surface area contributed by atoms with Crippen LogP contribution in [0.25, 0.3) is 0 Å². The molecule has 2 aromatic rings. The molecule has 1 fully saturated rings. The van der Waals surface area contributed by atoms with Crippen LogP contribution in [-0.2, 0) is 24.2 Å². The first-order valence-electron chi connectivity index (χ1n) is 11.6. The summed E-state index contributed by atoms with van der Waals surface area (Å²) in [6, 6.07) is 16.2. The highest BCUT2D eigenvalue weighted by Gasteiger charge is 2.26. The van der Waals surface area contributed by atoms with Crippen molar-refractivity contribution in [1.82, 2.24) is 15.5 Å². The van der Waals surface area contributed by atoms with Gasteiger partial charge in [-0.25, -0.2) is 4.99 Å². The highest BCUT2D eigenvalue weighted by Crippen LogP contribution is 2.15. The molecular weight excluding hydrogens is 400 g/mol. The van der Waals surface area contributed by atoms with Gasteiger partial charge in [0.2, 0.25) is 0 Å². The van der Waals surface area contributed by atoms with Crippen molar-refractivity contribution < 1.29 is 9.53 Å². The van der Waals surface area contributed by atoms with Gasteiger partial charge in [0, 0.05) is 31.7 Å². The second-order valence-corrected chi connectivity index (χ2v) is 8.34. The van der Waals surface area contributed by atoms with Crippen LogP contribution in [0.3, 0.4) is 0 Å². The van der Waals surface area contributed by atoms with Crippen LogP contribution in [0, 0.1) is 0 Å². The molecular formula is C26H36N4O2. The molecule has 6 heteroatoms. The Kier molecular flexibility index (Phi) is 8.68. The molecule has 0 aliphatic carbocycles. The molecule has 1 aliphatic heterocycles. The number of hydrogen-bond donors (Lipinski definition) is 2. The maximum atomic E-state index is 12.8. The summed E-state index contributed by atoms with van der Waals surface area (Å²) in [4.78, 5) is 19.5. The number of benzene rings is 2. The lowest BCUT2D eigenvalue weighted by atomic mass is 10.1. The number of hydrogen-bond acceptors (Lipinski definition) is 3. The molecule has 1 aliphatic rings. The standard InChI is InChI=1S/C26H36N4O2/c1-5-22-9-7-8-10-24(22)16-29-26(27-6-2)28-15-21-11-13-23(14-12-21)25(31)30-17-19(3)32-20(4)18-30/h7-14,19-20H,5-6,15-18H2,1-4H3,(H2,27,28,29). The molecule has 1 amide bonds. The molecule has 2 aromatic carbocycles. The molecule has 2 atom stereocenters. The van der Waals surface area contributed by atoms with Gasteiger partial charge in [-0.05, 0) is 56.0 Å². The Morgan fingerprint density at radius 2 is 1.66 bits per heavy atom. The Morgan fingerprint density at radius 3 is 2.28 bits per heavy atom. The zero-order valence-corrected chi connectivity index (χ0v) is 19.7. The molecule has 0 bridgehead atoms. The molecule has 172 valence electrons. The number of guanidine groups is 1. The molecule has 1 heterocycles. The lowest BCUT2D eigenvalue weighted by Crippen LogP contribution is -2.48. The highest BCUT2D eigenvalue weighted by atomic mass is 16.5. The van der Waals surface area contributed by atoms with Crippen LogP contribution in [0.2, 0.25) is 0 Å². The Balaban J connectivity index is 1.60. The van der Waals surface area contributed by atoms with Crippen molar-refractivity contribution >= 4 is 11.9 Å². The van der Waals surface area contributed by atoms with Gasteiger partial charge in [0.05, 0.1) is 18.8 Å². The van der Waals surface area contributed by atoms with Gasteiger partial charge in [-0.15, -0.1) is 0 Å². The van der Waals surface area contributed by atoms with Crippen LogP contribution in [0.15, 0.2) is 53.5 Å². The molecule has 0 radical (unpaired) electrons. The highest BCUT2D eigenvalue weighted by molar-refractivity contribution is 5.94. The van der Waals surface area contributed by atoms with Gasteiger partial charge >= 0.3 is 0 Å². The van der Waals surface area contributed by atoms with E-state index in [9.17, 15) is 4.79 Å². The third-order valence-electron chi connectivity index (χ3n) is 5.62. The number of nitrogens with zero attached hydrogens (tertiary/aromatic N) is 2. The van der Waals surface area contributed by atoms with Gasteiger partial charge in [-0.1, -0.05) is 43.3 Å². The number of ether oxygens (including phenoxy) is 1. The third-order valence-corrected chi connectivity index (χ3v) is 5.62. The number of aryl methyl sites for hydroxylation is 1. The van der Waals surface area contributed by atoms with Crippen molar-refractivity contribution in [2.24, 2.45) is 4.99 Å². The summed E-state index contributed by atoms with van der Waals surface area (Å²) in [6.07, 6.45) is 1.15. The summed E-state index contributed by atoms with van der Waals surface area (Å²) in [5.74, 6) is 0.849. The first-order chi connectivity index (χ1) is 15.5. The predicted molar refractivity (Wildman–Crippen MR) is 130 cm³/mol. The minimum Gasteiger partial charge on any atom is -0.372 e. The second-order valence-electron chi connectivity index (χ2n) is 8.34. The van der Waals surface area contributed by atoms with Crippen molar-refractivity contribution in [1.29, 1.82) is 0 Å². The molecule has 2 N–H and O–H groups in total. The van der Waals surface area contributed by atoms with Crippen molar-refractivity contribution in [3.8, 4) is 0 Å². The fourth-order valence-corrected chi connectivity index (χ4v) is 4.04. The largest absolute Gasteiger partial charge is 0.372 e. The maximum Gasteiger partial charge on any atom is 0.254 e. The van der Waals surface area contributed by atoms with Crippen molar-refractivity contribution in [2.75, 3.05) is 19.6 Å². The molecule has 3 rings (SSSR count). The minimum absolute atomic E-state index is 0.0617. The fraction of sp³-hybridized carbons (Fsp3) is 0.462. The lowest BCUT2D eigenvalue weighted by Gasteiger charge is -2.35. The van der Waals surface area contributed by atoms with Crippen LogP contribution < -0.4 is 10.6 Å². The zero-order chi connectivity index (χ0) is 22.9. The van der Waals surface area contributed by atoms with Crippen molar-refractivity contribution in [2.45, 2.75) is 59.4 Å². The number of aliphatic imine (C=N–C) groups is 1. The van der Waals surface area contributed by atoms with E-state index in [1.165, 1.54) is 11.1 Å². The lowest BCUT2D eigenvalue weighted by molar-refractivity contribution is -0.0586. The van der Waals surface area contributed by atoms with Crippen LogP contribution in [-0.4, -0.2) is 48.6 Å². The summed E-state index contributed by atoms with van der Waals surface area (Å²) >= 11 is 0. The maximum absolute atomic E-state index is 12.8. The summed E-state index contributed by atoms with van der Waals surface area (Å²) < 4.78 is 5.74. The van der Waals surface area contributed by atoms with Gasteiger partial charge in [0.1, 0.15) is 0 Å². The molecule has 6 nitrogen and oxygen atoms in total. The minimum atomic E-state index is 0.0617. The first-order valence-corrected chi connectivity index (χ1v) is 11.6. The first kappa shape index (κ1) is 23.8. The van der Waals surface area contributed by atoms with E-state index in [4.69, 9.17) is 9.73 Å². The van der Waals surface area contributed by atoms with Crippen LogP contribution in [0.1, 0.15) is 54.7 Å². The van der Waals surface area contributed by atoms with Gasteiger partial charge in [-0.2, -0.15) is 0 Å². The molecule has 1 saturated heterocycles. The van der Waals surface area contributed by atoms with E-state index in [0.717, 1.165) is 31.0 Å². The monoisotopic (exact) mass is 436 g/mol. The number of carbonyl (C=O) groups is 1. The van der Waals surface area contributed by atoms with Crippen LogP contribution >= 0.6 is 0 Å². The van der Waals surface area contributed by atoms with E-state index >= 15 is 0 Å². The van der Waals surface area contributed by atoms with Gasteiger partial charge in [-0.3, -0.25) is 4.79 Å². The topological polar surface area (TPSA) is 66.0 Å². The second kappa shape index (κ2) is 11.7. The average molecular weight is 437 g/mol. The van der Waals surface area contributed by atoms with E-state index in [1.807, 2.05) is 43.0 Å². The number of amides is 1. The Bertz CT molecular complexity index is 900. The Labute approximate surface area is 192 Å². The van der Waals surface area contributed by atoms with Gasteiger partial charge < -0.3 is 20.3 Å². The SMILES string of the molecule is CCNC(=NCc1ccc(C(=O)N2CC(C)OC(C)C2)cc1)NCc1ccccc1CC. The molecule has 0 aromatic heterocycles. The molecule has 32 heavy (non-hydrogen) atoms. The van der Waals surface area contributed by atoms with E-state index < -0.39 is 0 Å². The summed E-state index contributed by atoms with van der Waals surface area (Å²) in [5.41, 5.74) is 4.41. The smallest absolute Gasteiger partial charge is 0.254 e. The quantitative estimate of drug-likeness (QED) is 0.512. The van der Waals surface area contributed by atoms with Crippen LogP contribution in [0.4, 0.5) is 0 Å². The number of morpholine rings is 1. The molecule has 0 saturated carbocycles. The van der Waals surface area contributed by atoms with Gasteiger partial charge in [0.15, 0.2) is 5.96 Å². The normalized spacial score (nSPS) is 19.0. The predicted octanol–water partition coefficient (Wildman–Crippen LogP) is 3.75. The van der Waals surface area contributed by atoms with E-state index in [0.29, 0.717) is 25.2 Å². The Morgan fingerprint density at radius 1 is 1.00 bits per heavy atom. The van der Waals surface area contributed by atoms with E-state index in [1.54, 1.807) is 0 Å². The summed E-state index contributed by atoms with van der Waals surface area (Å²) in [6.45, 7) is 11.6. The Hall–Kier alpha value is -2.86. The fourth-order valence-electron chi connectivity index (χ4n) is 4.04. The molecule has 2 unspecified atom stereocenters. The summed E-state index contributed by atoms with van der Waals surface area (Å²) in [5, 5.41) is 6.74. The van der Waals surface area contributed by atoms with Gasteiger partial charge in [0.25, 0.3) is 5.91 Å². The van der Waals surface area contributed by atoms with Crippen LogP contribution in [0.5, 0.6) is 0 Å². The number of nitrogens with one attached hydrogen (secondary N) is 2. The van der Waals surface area contributed by atoms with Crippen molar-refractivity contribution in [3.63, 3.8) is 0 Å². The number of carbonyl (C=O) groups excluding carboxylic acids is 1. The average Bonchev–Trinajstić information content (AvgIpc) is 2.80. The number of rotatable bonds is 7. The molecule has 0 spiro atoms. The summed E-state index contributed by atoms with van der Waals surface area (Å²) in [7, 11) is 0. The van der Waals surface area contributed by atoms with E-state index in [-0.39, 0.29) is 18.1 Å².